The summed E-state index contributed by atoms with van der Waals surface area (Å²) in [6.07, 6.45) is 1.94. The predicted octanol–water partition coefficient (Wildman–Crippen LogP) is 3.33. The fourth-order valence-electron chi connectivity index (χ4n) is 1.49. The van der Waals surface area contributed by atoms with Crippen molar-refractivity contribution < 1.29 is 4.79 Å². The van der Waals surface area contributed by atoms with E-state index in [0.29, 0.717) is 5.56 Å². The molecule has 0 saturated carbocycles. The lowest BCUT2D eigenvalue weighted by Gasteiger charge is -2.07. The first-order chi connectivity index (χ1) is 6.16. The van der Waals surface area contributed by atoms with Gasteiger partial charge in [0.05, 0.1) is 0 Å². The monoisotopic (exact) mass is 196 g/mol. The zero-order valence-electron chi connectivity index (χ0n) is 7.93. The third kappa shape index (κ3) is 2.31. The Balaban J connectivity index is 3.17. The van der Waals surface area contributed by atoms with Crippen LogP contribution in [0.5, 0.6) is 0 Å². The van der Waals surface area contributed by atoms with Crippen molar-refractivity contribution in [3.8, 4) is 0 Å². The molecule has 70 valence electrons. The summed E-state index contributed by atoms with van der Waals surface area (Å²) >= 11 is 5.51. The van der Waals surface area contributed by atoms with E-state index in [1.807, 2.05) is 25.1 Å². The van der Waals surface area contributed by atoms with Crippen LogP contribution in [0.4, 0.5) is 0 Å². The normalized spacial score (nSPS) is 10.1. The Bertz CT molecular complexity index is 318. The molecule has 0 aromatic heterocycles. The zero-order chi connectivity index (χ0) is 9.84. The molecule has 0 aliphatic heterocycles. The first kappa shape index (κ1) is 10.3. The predicted molar refractivity (Wildman–Crippen MR) is 55.4 cm³/mol. The van der Waals surface area contributed by atoms with Crippen molar-refractivity contribution in [2.45, 2.75) is 26.7 Å². The third-order valence-corrected chi connectivity index (χ3v) is 2.26. The van der Waals surface area contributed by atoms with Crippen molar-refractivity contribution in [3.05, 3.63) is 34.9 Å². The summed E-state index contributed by atoms with van der Waals surface area (Å²) in [7, 11) is 0. The molecule has 0 spiro atoms. The second kappa shape index (κ2) is 4.43. The molecule has 0 atom stereocenters. The van der Waals surface area contributed by atoms with Crippen molar-refractivity contribution in [3.63, 3.8) is 0 Å². The molecule has 2 heteroatoms. The molecular formula is C11H13ClO. The van der Waals surface area contributed by atoms with Gasteiger partial charge in [0.1, 0.15) is 0 Å². The van der Waals surface area contributed by atoms with Crippen LogP contribution in [0.1, 0.15) is 34.8 Å². The summed E-state index contributed by atoms with van der Waals surface area (Å²) in [5, 5.41) is -0.346. The molecule has 0 unspecified atom stereocenters. The summed E-state index contributed by atoms with van der Waals surface area (Å²) in [5.74, 6) is 0. The molecule has 1 nitrogen and oxygen atoms in total. The van der Waals surface area contributed by atoms with Crippen LogP contribution in [0.2, 0.25) is 0 Å². The fraction of sp³-hybridized carbons (Fsp3) is 0.364. The second-order valence-electron chi connectivity index (χ2n) is 3.13. The highest BCUT2D eigenvalue weighted by molar-refractivity contribution is 6.68. The van der Waals surface area contributed by atoms with Gasteiger partial charge in [0, 0.05) is 5.56 Å². The summed E-state index contributed by atoms with van der Waals surface area (Å²) in [6, 6.07) is 5.84. The molecule has 0 bridgehead atoms. The van der Waals surface area contributed by atoms with E-state index >= 15 is 0 Å². The number of hydrogen-bond acceptors (Lipinski definition) is 1. The Hall–Kier alpha value is -0.820. The number of halogens is 1. The van der Waals surface area contributed by atoms with Crippen LogP contribution in [-0.2, 0) is 6.42 Å². The lowest BCUT2D eigenvalue weighted by Crippen LogP contribution is -2.00. The molecule has 1 aromatic carbocycles. The molecule has 1 rings (SSSR count). The highest BCUT2D eigenvalue weighted by Gasteiger charge is 2.10. The summed E-state index contributed by atoms with van der Waals surface area (Å²) in [6.45, 7) is 4.00. The number of carbonyl (C=O) groups excluding carboxylic acids is 1. The van der Waals surface area contributed by atoms with E-state index < -0.39 is 0 Å². The number of rotatable bonds is 3. The molecule has 0 radical (unpaired) electrons. The van der Waals surface area contributed by atoms with E-state index in [1.165, 1.54) is 0 Å². The molecule has 0 saturated heterocycles. The van der Waals surface area contributed by atoms with Crippen molar-refractivity contribution >= 4 is 16.8 Å². The van der Waals surface area contributed by atoms with Gasteiger partial charge in [-0.05, 0) is 36.1 Å². The van der Waals surface area contributed by atoms with E-state index in [4.69, 9.17) is 11.6 Å². The van der Waals surface area contributed by atoms with E-state index in [1.54, 1.807) is 0 Å². The fourth-order valence-corrected chi connectivity index (χ4v) is 1.76. The van der Waals surface area contributed by atoms with Crippen LogP contribution in [0.15, 0.2) is 18.2 Å². The van der Waals surface area contributed by atoms with Crippen LogP contribution in [0, 0.1) is 6.92 Å². The highest BCUT2D eigenvalue weighted by Crippen LogP contribution is 2.17. The average Bonchev–Trinajstić information content (AvgIpc) is 2.04. The van der Waals surface area contributed by atoms with Crippen LogP contribution in [0.3, 0.4) is 0 Å². The molecule has 0 aliphatic rings. The van der Waals surface area contributed by atoms with Gasteiger partial charge in [-0.2, -0.15) is 0 Å². The first-order valence-electron chi connectivity index (χ1n) is 4.45. The second-order valence-corrected chi connectivity index (χ2v) is 3.48. The van der Waals surface area contributed by atoms with Crippen LogP contribution < -0.4 is 0 Å². The Kier molecular flexibility index (Phi) is 3.49. The quantitative estimate of drug-likeness (QED) is 0.678. The molecule has 1 aromatic rings. The molecule has 0 aliphatic carbocycles. The van der Waals surface area contributed by atoms with E-state index in [2.05, 4.69) is 6.92 Å². The van der Waals surface area contributed by atoms with E-state index in [0.717, 1.165) is 24.0 Å². The van der Waals surface area contributed by atoms with Crippen molar-refractivity contribution in [2.75, 3.05) is 0 Å². The number of benzene rings is 1. The standard InChI is InChI=1S/C11H13ClO/c1-3-5-9-7-4-6-8(2)10(9)11(12)13/h4,6-7H,3,5H2,1-2H3. The van der Waals surface area contributed by atoms with Crippen molar-refractivity contribution in [1.29, 1.82) is 0 Å². The number of carbonyl (C=O) groups is 1. The third-order valence-electron chi connectivity index (χ3n) is 2.07. The summed E-state index contributed by atoms with van der Waals surface area (Å²) in [5.41, 5.74) is 2.71. The number of hydrogen-bond donors (Lipinski definition) is 0. The van der Waals surface area contributed by atoms with Crippen LogP contribution in [-0.4, -0.2) is 5.24 Å². The summed E-state index contributed by atoms with van der Waals surface area (Å²) < 4.78 is 0. The Labute approximate surface area is 83.7 Å². The SMILES string of the molecule is CCCc1cccc(C)c1C(=O)Cl. The lowest BCUT2D eigenvalue weighted by molar-refractivity contribution is 0.108. The van der Waals surface area contributed by atoms with E-state index in [9.17, 15) is 4.79 Å². The Morgan fingerprint density at radius 3 is 2.69 bits per heavy atom. The van der Waals surface area contributed by atoms with E-state index in [-0.39, 0.29) is 5.24 Å². The van der Waals surface area contributed by atoms with Gasteiger partial charge in [-0.3, -0.25) is 4.79 Å². The minimum atomic E-state index is -0.346. The van der Waals surface area contributed by atoms with Gasteiger partial charge in [0.25, 0.3) is 5.24 Å². The van der Waals surface area contributed by atoms with Crippen molar-refractivity contribution in [1.82, 2.24) is 0 Å². The molecule has 0 amide bonds. The minimum absolute atomic E-state index is 0.346. The van der Waals surface area contributed by atoms with Crippen molar-refractivity contribution in [2.24, 2.45) is 0 Å². The average molecular weight is 197 g/mol. The topological polar surface area (TPSA) is 17.1 Å². The molecule has 0 N–H and O–H groups in total. The van der Waals surface area contributed by atoms with Gasteiger partial charge in [0.15, 0.2) is 0 Å². The highest BCUT2D eigenvalue weighted by atomic mass is 35.5. The van der Waals surface area contributed by atoms with Crippen LogP contribution >= 0.6 is 11.6 Å². The molecule has 13 heavy (non-hydrogen) atoms. The van der Waals surface area contributed by atoms with Crippen LogP contribution in [0.25, 0.3) is 0 Å². The summed E-state index contributed by atoms with van der Waals surface area (Å²) in [4.78, 5) is 11.1. The van der Waals surface area contributed by atoms with Gasteiger partial charge in [-0.15, -0.1) is 0 Å². The molecule has 0 fully saturated rings. The van der Waals surface area contributed by atoms with Gasteiger partial charge in [-0.25, -0.2) is 0 Å². The molecule has 0 heterocycles. The zero-order valence-corrected chi connectivity index (χ0v) is 8.69. The minimum Gasteiger partial charge on any atom is -0.276 e. The number of aryl methyl sites for hydroxylation is 2. The lowest BCUT2D eigenvalue weighted by atomic mass is 10.00. The Morgan fingerprint density at radius 1 is 1.46 bits per heavy atom. The van der Waals surface area contributed by atoms with Gasteiger partial charge >= 0.3 is 0 Å². The maximum Gasteiger partial charge on any atom is 0.252 e. The Morgan fingerprint density at radius 2 is 2.15 bits per heavy atom. The molecular weight excluding hydrogens is 184 g/mol. The van der Waals surface area contributed by atoms with Gasteiger partial charge in [-0.1, -0.05) is 31.5 Å². The maximum atomic E-state index is 11.1. The smallest absolute Gasteiger partial charge is 0.252 e. The largest absolute Gasteiger partial charge is 0.276 e. The van der Waals surface area contributed by atoms with Gasteiger partial charge in [0.2, 0.25) is 0 Å². The van der Waals surface area contributed by atoms with Gasteiger partial charge < -0.3 is 0 Å². The first-order valence-corrected chi connectivity index (χ1v) is 4.83. The maximum absolute atomic E-state index is 11.1.